The van der Waals surface area contributed by atoms with E-state index in [0.29, 0.717) is 10.1 Å². The Morgan fingerprint density at radius 2 is 2.24 bits per heavy atom. The van der Waals surface area contributed by atoms with Crippen molar-refractivity contribution < 1.29 is 9.90 Å². The summed E-state index contributed by atoms with van der Waals surface area (Å²) in [6, 6.07) is 5.32. The van der Waals surface area contributed by atoms with Gasteiger partial charge in [0.05, 0.1) is 5.56 Å². The van der Waals surface area contributed by atoms with E-state index >= 15 is 0 Å². The molecule has 1 aromatic heterocycles. The second-order valence-corrected chi connectivity index (χ2v) is 4.58. The number of aromatic carboxylic acids is 1. The van der Waals surface area contributed by atoms with Crippen LogP contribution in [0.15, 0.2) is 34.6 Å². The first-order chi connectivity index (χ1) is 8.08. The third-order valence-corrected chi connectivity index (χ3v) is 3.36. The van der Waals surface area contributed by atoms with E-state index in [9.17, 15) is 4.79 Å². The van der Waals surface area contributed by atoms with Gasteiger partial charge in [-0.1, -0.05) is 11.6 Å². The zero-order valence-electron chi connectivity index (χ0n) is 9.41. The van der Waals surface area contributed by atoms with Crippen LogP contribution >= 0.6 is 11.8 Å². The predicted molar refractivity (Wildman–Crippen MR) is 63.3 cm³/mol. The molecule has 6 heteroatoms. The summed E-state index contributed by atoms with van der Waals surface area (Å²) in [5.74, 6) is -0.932. The average Bonchev–Trinajstić information content (AvgIpc) is 2.67. The minimum Gasteiger partial charge on any atom is -0.478 e. The lowest BCUT2D eigenvalue weighted by molar-refractivity contribution is 0.0693. The SMILES string of the molecule is Cc1ccc(Sc2ncnn2C)c(C(=O)O)c1. The monoisotopic (exact) mass is 249 g/mol. The molecule has 1 aromatic carbocycles. The van der Waals surface area contributed by atoms with E-state index in [1.54, 1.807) is 23.9 Å². The van der Waals surface area contributed by atoms with Crippen molar-refractivity contribution in [2.75, 3.05) is 0 Å². The molecule has 0 bridgehead atoms. The Labute approximate surface area is 102 Å². The Morgan fingerprint density at radius 1 is 1.47 bits per heavy atom. The Morgan fingerprint density at radius 3 is 2.82 bits per heavy atom. The van der Waals surface area contributed by atoms with Crippen LogP contribution in [0.25, 0.3) is 0 Å². The highest BCUT2D eigenvalue weighted by atomic mass is 32.2. The molecule has 5 nitrogen and oxygen atoms in total. The number of rotatable bonds is 3. The van der Waals surface area contributed by atoms with Crippen LogP contribution in [0.2, 0.25) is 0 Å². The maximum Gasteiger partial charge on any atom is 0.336 e. The zero-order valence-corrected chi connectivity index (χ0v) is 10.2. The van der Waals surface area contributed by atoms with Gasteiger partial charge >= 0.3 is 5.97 Å². The molecule has 0 saturated carbocycles. The van der Waals surface area contributed by atoms with E-state index in [4.69, 9.17) is 5.11 Å². The number of aryl methyl sites for hydroxylation is 2. The summed E-state index contributed by atoms with van der Waals surface area (Å²) in [5.41, 5.74) is 1.21. The molecule has 0 spiro atoms. The van der Waals surface area contributed by atoms with Crippen LogP contribution < -0.4 is 0 Å². The predicted octanol–water partition coefficient (Wildman–Crippen LogP) is 1.97. The van der Waals surface area contributed by atoms with E-state index in [-0.39, 0.29) is 5.56 Å². The van der Waals surface area contributed by atoms with Crippen molar-refractivity contribution in [3.8, 4) is 0 Å². The maximum atomic E-state index is 11.1. The molecule has 0 aliphatic heterocycles. The number of hydrogen-bond donors (Lipinski definition) is 1. The van der Waals surface area contributed by atoms with Gasteiger partial charge in [-0.3, -0.25) is 0 Å². The van der Waals surface area contributed by atoms with Crippen LogP contribution in [-0.2, 0) is 7.05 Å². The zero-order chi connectivity index (χ0) is 12.4. The van der Waals surface area contributed by atoms with Gasteiger partial charge in [0, 0.05) is 11.9 Å². The van der Waals surface area contributed by atoms with Gasteiger partial charge in [0.25, 0.3) is 0 Å². The third-order valence-electron chi connectivity index (χ3n) is 2.24. The van der Waals surface area contributed by atoms with Crippen LogP contribution in [0.3, 0.4) is 0 Å². The Bertz CT molecular complexity index is 566. The van der Waals surface area contributed by atoms with Crippen molar-refractivity contribution in [3.63, 3.8) is 0 Å². The summed E-state index contributed by atoms with van der Waals surface area (Å²) in [5, 5.41) is 13.7. The average molecular weight is 249 g/mol. The summed E-state index contributed by atoms with van der Waals surface area (Å²) in [4.78, 5) is 15.9. The molecule has 0 unspecified atom stereocenters. The Balaban J connectivity index is 2.39. The summed E-state index contributed by atoms with van der Waals surface area (Å²) in [6.45, 7) is 1.86. The quantitative estimate of drug-likeness (QED) is 0.900. The van der Waals surface area contributed by atoms with E-state index < -0.39 is 5.97 Å². The number of nitrogens with zero attached hydrogens (tertiary/aromatic N) is 3. The van der Waals surface area contributed by atoms with Gasteiger partial charge in [0.2, 0.25) is 0 Å². The number of benzene rings is 1. The van der Waals surface area contributed by atoms with Gasteiger partial charge in [0.15, 0.2) is 5.16 Å². The summed E-state index contributed by atoms with van der Waals surface area (Å²) < 4.78 is 1.61. The van der Waals surface area contributed by atoms with Gasteiger partial charge in [-0.2, -0.15) is 5.10 Å². The molecule has 1 heterocycles. The first-order valence-electron chi connectivity index (χ1n) is 4.93. The van der Waals surface area contributed by atoms with Gasteiger partial charge in [-0.05, 0) is 30.8 Å². The van der Waals surface area contributed by atoms with Crippen molar-refractivity contribution in [2.24, 2.45) is 7.05 Å². The highest BCUT2D eigenvalue weighted by molar-refractivity contribution is 7.99. The largest absolute Gasteiger partial charge is 0.478 e. The first kappa shape index (κ1) is 11.7. The molecule has 88 valence electrons. The second-order valence-electron chi connectivity index (χ2n) is 3.57. The minimum absolute atomic E-state index is 0.290. The number of carboxylic acids is 1. The van der Waals surface area contributed by atoms with E-state index in [2.05, 4.69) is 10.1 Å². The summed E-state index contributed by atoms with van der Waals surface area (Å²) in [6.07, 6.45) is 1.44. The Kier molecular flexibility index (Phi) is 3.14. The standard InChI is InChI=1S/C11H11N3O2S/c1-7-3-4-9(8(5-7)10(15)16)17-11-12-6-13-14(11)2/h3-6H,1-2H3,(H,15,16). The lowest BCUT2D eigenvalue weighted by Gasteiger charge is -2.05. The number of carbonyl (C=O) groups is 1. The van der Waals surface area contributed by atoms with Gasteiger partial charge in [-0.25, -0.2) is 14.5 Å². The molecule has 2 rings (SSSR count). The molecule has 1 N–H and O–H groups in total. The van der Waals surface area contributed by atoms with Crippen molar-refractivity contribution >= 4 is 17.7 Å². The second kappa shape index (κ2) is 4.58. The number of hydrogen-bond acceptors (Lipinski definition) is 4. The van der Waals surface area contributed by atoms with E-state index in [1.165, 1.54) is 18.1 Å². The van der Waals surface area contributed by atoms with Crippen molar-refractivity contribution in [2.45, 2.75) is 17.0 Å². The fourth-order valence-corrected chi connectivity index (χ4v) is 2.24. The first-order valence-corrected chi connectivity index (χ1v) is 5.75. The molecule has 2 aromatic rings. The van der Waals surface area contributed by atoms with Crippen LogP contribution in [-0.4, -0.2) is 25.8 Å². The van der Waals surface area contributed by atoms with Crippen LogP contribution in [0.5, 0.6) is 0 Å². The molecule has 0 saturated heterocycles. The van der Waals surface area contributed by atoms with Crippen molar-refractivity contribution in [1.29, 1.82) is 0 Å². The lowest BCUT2D eigenvalue weighted by Crippen LogP contribution is -2.00. The molecular formula is C11H11N3O2S. The molecule has 0 radical (unpaired) electrons. The molecule has 17 heavy (non-hydrogen) atoms. The number of aromatic nitrogens is 3. The lowest BCUT2D eigenvalue weighted by atomic mass is 10.1. The minimum atomic E-state index is -0.932. The van der Waals surface area contributed by atoms with Crippen LogP contribution in [0.1, 0.15) is 15.9 Å². The normalized spacial score (nSPS) is 10.5. The van der Waals surface area contributed by atoms with E-state index in [1.807, 2.05) is 13.0 Å². The van der Waals surface area contributed by atoms with E-state index in [0.717, 1.165) is 5.56 Å². The molecule has 0 atom stereocenters. The Hall–Kier alpha value is -1.82. The summed E-state index contributed by atoms with van der Waals surface area (Å²) in [7, 11) is 1.77. The fraction of sp³-hybridized carbons (Fsp3) is 0.182. The van der Waals surface area contributed by atoms with Crippen molar-refractivity contribution in [1.82, 2.24) is 14.8 Å². The van der Waals surface area contributed by atoms with Crippen LogP contribution in [0.4, 0.5) is 0 Å². The molecule has 0 aliphatic carbocycles. The van der Waals surface area contributed by atoms with Gasteiger partial charge in [0.1, 0.15) is 6.33 Å². The topological polar surface area (TPSA) is 68.0 Å². The molecule has 0 fully saturated rings. The van der Waals surface area contributed by atoms with Crippen molar-refractivity contribution in [3.05, 3.63) is 35.7 Å². The smallest absolute Gasteiger partial charge is 0.336 e. The molecular weight excluding hydrogens is 238 g/mol. The highest BCUT2D eigenvalue weighted by Gasteiger charge is 2.13. The molecule has 0 amide bonds. The molecule has 0 aliphatic rings. The number of carboxylic acid groups (broad SMARTS) is 1. The van der Waals surface area contributed by atoms with Gasteiger partial charge < -0.3 is 5.11 Å². The maximum absolute atomic E-state index is 11.1. The fourth-order valence-electron chi connectivity index (χ4n) is 1.38. The van der Waals surface area contributed by atoms with Crippen LogP contribution in [0, 0.1) is 6.92 Å². The highest BCUT2D eigenvalue weighted by Crippen LogP contribution is 2.29. The summed E-state index contributed by atoms with van der Waals surface area (Å²) >= 11 is 1.29. The van der Waals surface area contributed by atoms with Gasteiger partial charge in [-0.15, -0.1) is 0 Å². The third kappa shape index (κ3) is 2.47.